The van der Waals surface area contributed by atoms with E-state index in [1.54, 1.807) is 0 Å². The largest absolute Gasteiger partial charge is 0.494 e. The van der Waals surface area contributed by atoms with Gasteiger partial charge in [0.15, 0.2) is 0 Å². The minimum atomic E-state index is 0.496. The molecule has 3 aromatic rings. The lowest BCUT2D eigenvalue weighted by Gasteiger charge is -2.27. The number of nitrogens with zero attached hydrogens (tertiary/aromatic N) is 4. The highest BCUT2D eigenvalue weighted by atomic mass is 16.5. The molecule has 0 radical (unpaired) electrons. The normalized spacial score (nSPS) is 13.8. The molecule has 8 heteroatoms. The van der Waals surface area contributed by atoms with Crippen molar-refractivity contribution in [3.05, 3.63) is 54.6 Å². The maximum absolute atomic E-state index is 5.50. The van der Waals surface area contributed by atoms with Gasteiger partial charge in [0.2, 0.25) is 17.8 Å². The van der Waals surface area contributed by atoms with Crippen molar-refractivity contribution >= 4 is 29.2 Å². The Hall–Kier alpha value is -3.39. The van der Waals surface area contributed by atoms with Crippen molar-refractivity contribution in [1.29, 1.82) is 0 Å². The van der Waals surface area contributed by atoms with Crippen LogP contribution in [0.2, 0.25) is 0 Å². The third-order valence-electron chi connectivity index (χ3n) is 4.47. The van der Waals surface area contributed by atoms with E-state index in [1.807, 2.05) is 61.5 Å². The number of hydrogen-bond donors (Lipinski definition) is 3. The van der Waals surface area contributed by atoms with Gasteiger partial charge in [0.1, 0.15) is 5.75 Å². The minimum absolute atomic E-state index is 0.496. The van der Waals surface area contributed by atoms with Crippen LogP contribution in [0.1, 0.15) is 6.92 Å². The highest BCUT2D eigenvalue weighted by Crippen LogP contribution is 2.22. The van der Waals surface area contributed by atoms with E-state index in [2.05, 4.69) is 35.8 Å². The van der Waals surface area contributed by atoms with Crippen LogP contribution in [0.5, 0.6) is 5.75 Å². The SMILES string of the molecule is CCOc1ccc(Nc2nc(Nc3ccccc3)nc(N3CCNCC3)n2)cc1. The number of hydrogen-bond acceptors (Lipinski definition) is 8. The summed E-state index contributed by atoms with van der Waals surface area (Å²) in [7, 11) is 0. The second-order valence-corrected chi connectivity index (χ2v) is 6.59. The fraction of sp³-hybridized carbons (Fsp3) is 0.286. The first-order chi connectivity index (χ1) is 14.3. The Balaban J connectivity index is 1.59. The average molecular weight is 391 g/mol. The number of piperazine rings is 1. The molecule has 1 fully saturated rings. The maximum Gasteiger partial charge on any atom is 0.233 e. The minimum Gasteiger partial charge on any atom is -0.494 e. The van der Waals surface area contributed by atoms with Crippen LogP contribution in [0, 0.1) is 0 Å². The van der Waals surface area contributed by atoms with Gasteiger partial charge in [-0.2, -0.15) is 15.0 Å². The molecular weight excluding hydrogens is 366 g/mol. The molecular formula is C21H25N7O. The average Bonchev–Trinajstić information content (AvgIpc) is 2.76. The molecule has 0 bridgehead atoms. The Labute approximate surface area is 170 Å². The van der Waals surface area contributed by atoms with Crippen molar-refractivity contribution in [3.8, 4) is 5.75 Å². The van der Waals surface area contributed by atoms with E-state index in [1.165, 1.54) is 0 Å². The van der Waals surface area contributed by atoms with Crippen molar-refractivity contribution in [2.45, 2.75) is 6.92 Å². The number of ether oxygens (including phenoxy) is 1. The molecule has 1 aliphatic rings. The van der Waals surface area contributed by atoms with Crippen LogP contribution in [-0.4, -0.2) is 47.7 Å². The van der Waals surface area contributed by atoms with Gasteiger partial charge in [-0.1, -0.05) is 18.2 Å². The summed E-state index contributed by atoms with van der Waals surface area (Å²) in [6.07, 6.45) is 0. The molecule has 0 saturated carbocycles. The number of rotatable bonds is 7. The molecule has 150 valence electrons. The van der Waals surface area contributed by atoms with E-state index in [9.17, 15) is 0 Å². The van der Waals surface area contributed by atoms with Gasteiger partial charge >= 0.3 is 0 Å². The smallest absolute Gasteiger partial charge is 0.233 e. The number of aromatic nitrogens is 3. The fourth-order valence-corrected chi connectivity index (χ4v) is 3.06. The Bertz CT molecular complexity index is 912. The van der Waals surface area contributed by atoms with Crippen molar-refractivity contribution in [3.63, 3.8) is 0 Å². The Morgan fingerprint density at radius 2 is 1.48 bits per heavy atom. The highest BCUT2D eigenvalue weighted by molar-refractivity contribution is 5.60. The van der Waals surface area contributed by atoms with Crippen molar-refractivity contribution < 1.29 is 4.74 Å². The molecule has 0 aliphatic carbocycles. The monoisotopic (exact) mass is 391 g/mol. The van der Waals surface area contributed by atoms with E-state index in [0.717, 1.165) is 43.3 Å². The van der Waals surface area contributed by atoms with Gasteiger partial charge in [-0.25, -0.2) is 0 Å². The zero-order chi connectivity index (χ0) is 19.9. The molecule has 1 aromatic heterocycles. The molecule has 2 aromatic carbocycles. The van der Waals surface area contributed by atoms with Gasteiger partial charge in [-0.05, 0) is 43.3 Å². The third-order valence-corrected chi connectivity index (χ3v) is 4.47. The third kappa shape index (κ3) is 5.11. The predicted molar refractivity (Wildman–Crippen MR) is 116 cm³/mol. The second-order valence-electron chi connectivity index (χ2n) is 6.59. The van der Waals surface area contributed by atoms with Crippen LogP contribution in [0.25, 0.3) is 0 Å². The van der Waals surface area contributed by atoms with Gasteiger partial charge in [0, 0.05) is 37.6 Å². The summed E-state index contributed by atoms with van der Waals surface area (Å²) in [5.74, 6) is 2.50. The number of benzene rings is 2. The predicted octanol–water partition coefficient (Wildman–Crippen LogP) is 3.17. The second kappa shape index (κ2) is 9.20. The van der Waals surface area contributed by atoms with Crippen LogP contribution in [-0.2, 0) is 0 Å². The Kier molecular flexibility index (Phi) is 6.01. The van der Waals surface area contributed by atoms with E-state index < -0.39 is 0 Å². The first-order valence-corrected chi connectivity index (χ1v) is 9.84. The summed E-state index contributed by atoms with van der Waals surface area (Å²) in [6, 6.07) is 17.6. The number of para-hydroxylation sites is 1. The van der Waals surface area contributed by atoms with Crippen LogP contribution >= 0.6 is 0 Å². The van der Waals surface area contributed by atoms with Crippen molar-refractivity contribution in [2.75, 3.05) is 48.3 Å². The molecule has 1 saturated heterocycles. The summed E-state index contributed by atoms with van der Waals surface area (Å²) in [5.41, 5.74) is 1.81. The molecule has 3 N–H and O–H groups in total. The summed E-state index contributed by atoms with van der Waals surface area (Å²) in [6.45, 7) is 6.15. The highest BCUT2D eigenvalue weighted by Gasteiger charge is 2.16. The lowest BCUT2D eigenvalue weighted by molar-refractivity contribution is 0.340. The first kappa shape index (κ1) is 18.9. The van der Waals surface area contributed by atoms with E-state index in [-0.39, 0.29) is 0 Å². The van der Waals surface area contributed by atoms with Gasteiger partial charge in [-0.15, -0.1) is 0 Å². The Morgan fingerprint density at radius 1 is 0.862 bits per heavy atom. The van der Waals surface area contributed by atoms with Gasteiger partial charge in [0.25, 0.3) is 0 Å². The Morgan fingerprint density at radius 3 is 2.10 bits per heavy atom. The molecule has 0 amide bonds. The summed E-state index contributed by atoms with van der Waals surface area (Å²) < 4.78 is 5.50. The summed E-state index contributed by atoms with van der Waals surface area (Å²) in [4.78, 5) is 16.0. The maximum atomic E-state index is 5.50. The number of nitrogens with one attached hydrogen (secondary N) is 3. The molecule has 0 atom stereocenters. The molecule has 8 nitrogen and oxygen atoms in total. The summed E-state index contributed by atoms with van der Waals surface area (Å²) >= 11 is 0. The zero-order valence-corrected chi connectivity index (χ0v) is 16.4. The van der Waals surface area contributed by atoms with Crippen LogP contribution in [0.4, 0.5) is 29.2 Å². The lowest BCUT2D eigenvalue weighted by Crippen LogP contribution is -2.44. The van der Waals surface area contributed by atoms with Crippen LogP contribution in [0.3, 0.4) is 0 Å². The van der Waals surface area contributed by atoms with Gasteiger partial charge in [0.05, 0.1) is 6.61 Å². The molecule has 1 aliphatic heterocycles. The van der Waals surface area contributed by atoms with Crippen LogP contribution < -0.4 is 25.6 Å². The van der Waals surface area contributed by atoms with Gasteiger partial charge < -0.3 is 25.6 Å². The standard InChI is InChI=1S/C21H25N7O/c1-2-29-18-10-8-17(9-11-18)24-20-25-19(23-16-6-4-3-5-7-16)26-21(27-20)28-14-12-22-13-15-28/h3-11,22H,2,12-15H2,1H3,(H2,23,24,25,26,27). The van der Waals surface area contributed by atoms with E-state index in [4.69, 9.17) is 4.74 Å². The quantitative estimate of drug-likeness (QED) is 0.566. The zero-order valence-electron chi connectivity index (χ0n) is 16.4. The fourth-order valence-electron chi connectivity index (χ4n) is 3.06. The van der Waals surface area contributed by atoms with Crippen molar-refractivity contribution in [1.82, 2.24) is 20.3 Å². The topological polar surface area (TPSA) is 87.2 Å². The van der Waals surface area contributed by atoms with Gasteiger partial charge in [-0.3, -0.25) is 0 Å². The molecule has 4 rings (SSSR count). The summed E-state index contributed by atoms with van der Waals surface area (Å²) in [5, 5.41) is 9.90. The molecule has 2 heterocycles. The molecule has 0 spiro atoms. The molecule has 0 unspecified atom stereocenters. The first-order valence-electron chi connectivity index (χ1n) is 9.84. The molecule has 29 heavy (non-hydrogen) atoms. The van der Waals surface area contributed by atoms with Crippen molar-refractivity contribution in [2.24, 2.45) is 0 Å². The van der Waals surface area contributed by atoms with E-state index in [0.29, 0.717) is 24.5 Å². The number of anilines is 5. The lowest BCUT2D eigenvalue weighted by atomic mass is 10.3. The van der Waals surface area contributed by atoms with E-state index >= 15 is 0 Å². The van der Waals surface area contributed by atoms with Crippen LogP contribution in [0.15, 0.2) is 54.6 Å².